The van der Waals surface area contributed by atoms with Crippen LogP contribution >= 0.6 is 15.9 Å². The lowest BCUT2D eigenvalue weighted by atomic mass is 9.98. The fourth-order valence-electron chi connectivity index (χ4n) is 1.21. The van der Waals surface area contributed by atoms with E-state index in [4.69, 9.17) is 39.5 Å². The van der Waals surface area contributed by atoms with E-state index in [-0.39, 0.29) is 0 Å². The summed E-state index contributed by atoms with van der Waals surface area (Å²) in [6.07, 6.45) is -3.17. The number of aliphatic carboxylic acids is 3. The first-order chi connectivity index (χ1) is 9.26. The van der Waals surface area contributed by atoms with Crippen LogP contribution in [-0.2, 0) is 23.5 Å². The fourth-order valence-corrected chi connectivity index (χ4v) is 2.20. The van der Waals surface area contributed by atoms with Crippen molar-refractivity contribution in [1.29, 1.82) is 0 Å². The highest BCUT2D eigenvalue weighted by atomic mass is 31.2. The van der Waals surface area contributed by atoms with E-state index in [1.165, 1.54) is 0 Å². The third kappa shape index (κ3) is 8.56. The molecule has 0 bridgehead atoms. The zero-order chi connectivity index (χ0) is 17.4. The SMILES string of the molecule is O=C(O)CCC(CC(=O)O)(C(=O)O)P(=O)(O)O.O=[PH](O)O. The maximum atomic E-state index is 11.1. The van der Waals surface area contributed by atoms with E-state index in [2.05, 4.69) is 0 Å². The average molecular weight is 352 g/mol. The molecule has 12 nitrogen and oxygen atoms in total. The summed E-state index contributed by atoms with van der Waals surface area (Å²) in [5.74, 6) is -5.25. The standard InChI is InChI=1S/C7H11O9P.H3O3P/c8-4(9)1-2-7(6(12)13,3-5(10)11)17(14,15)16;1-4(2)3/h1-3H2,(H,8,9)(H,10,11)(H,12,13)(H2,14,15,16);4H,(H2,1,2,3). The van der Waals surface area contributed by atoms with Crippen molar-refractivity contribution in [3.63, 3.8) is 0 Å². The second-order valence-corrected chi connectivity index (χ2v) is 6.14. The van der Waals surface area contributed by atoms with Gasteiger partial charge >= 0.3 is 33.8 Å². The lowest BCUT2D eigenvalue weighted by molar-refractivity contribution is -0.148. The van der Waals surface area contributed by atoms with E-state index in [0.29, 0.717) is 0 Å². The molecule has 0 fully saturated rings. The normalized spacial score (nSPS) is 13.8. The predicted octanol–water partition coefficient (Wildman–Crippen LogP) is -1.31. The van der Waals surface area contributed by atoms with Gasteiger partial charge in [-0.3, -0.25) is 23.5 Å². The van der Waals surface area contributed by atoms with Crippen molar-refractivity contribution < 1.29 is 58.4 Å². The third-order valence-corrected chi connectivity index (χ3v) is 3.84. The summed E-state index contributed by atoms with van der Waals surface area (Å²) in [4.78, 5) is 63.8. The second kappa shape index (κ2) is 8.88. The summed E-state index contributed by atoms with van der Waals surface area (Å²) < 4.78 is 19.8. The summed E-state index contributed by atoms with van der Waals surface area (Å²) in [5, 5.41) is 22.7. The molecule has 0 aliphatic heterocycles. The Morgan fingerprint density at radius 3 is 1.57 bits per heavy atom. The molecule has 0 aromatic carbocycles. The minimum absolute atomic E-state index is 0.856. The molecule has 0 radical (unpaired) electrons. The Morgan fingerprint density at radius 1 is 1.00 bits per heavy atom. The maximum Gasteiger partial charge on any atom is 0.343 e. The molecular weight excluding hydrogens is 338 g/mol. The zero-order valence-electron chi connectivity index (χ0n) is 10.2. The third-order valence-electron chi connectivity index (χ3n) is 2.15. The Hall–Kier alpha value is -1.29. The summed E-state index contributed by atoms with van der Waals surface area (Å²) in [6, 6.07) is 0. The lowest BCUT2D eigenvalue weighted by Gasteiger charge is -2.27. The van der Waals surface area contributed by atoms with Crippen molar-refractivity contribution in [2.45, 2.75) is 24.4 Å². The van der Waals surface area contributed by atoms with Crippen LogP contribution in [-0.4, -0.2) is 58.0 Å². The first kappa shape index (κ1) is 22.0. The van der Waals surface area contributed by atoms with Gasteiger partial charge in [0.1, 0.15) is 0 Å². The van der Waals surface area contributed by atoms with Crippen molar-refractivity contribution in [1.82, 2.24) is 0 Å². The highest BCUT2D eigenvalue weighted by molar-refractivity contribution is 7.54. The van der Waals surface area contributed by atoms with E-state index in [0.717, 1.165) is 0 Å². The number of hydrogen-bond acceptors (Lipinski definition) is 5. The van der Waals surface area contributed by atoms with Crippen molar-refractivity contribution in [2.24, 2.45) is 0 Å². The lowest BCUT2D eigenvalue weighted by Crippen LogP contribution is -2.41. The zero-order valence-corrected chi connectivity index (χ0v) is 12.1. The van der Waals surface area contributed by atoms with Gasteiger partial charge < -0.3 is 34.9 Å². The van der Waals surface area contributed by atoms with Crippen LogP contribution in [0.2, 0.25) is 0 Å². The molecule has 124 valence electrons. The molecule has 7 N–H and O–H groups in total. The van der Waals surface area contributed by atoms with E-state index in [9.17, 15) is 18.9 Å². The van der Waals surface area contributed by atoms with Gasteiger partial charge in [-0.2, -0.15) is 0 Å². The molecule has 0 aromatic rings. The molecule has 21 heavy (non-hydrogen) atoms. The van der Waals surface area contributed by atoms with Crippen LogP contribution < -0.4 is 0 Å². The van der Waals surface area contributed by atoms with Gasteiger partial charge in [-0.05, 0) is 6.42 Å². The number of rotatable bonds is 7. The second-order valence-electron chi connectivity index (χ2n) is 3.63. The number of carboxylic acids is 3. The molecule has 0 heterocycles. The van der Waals surface area contributed by atoms with Crippen LogP contribution in [0.25, 0.3) is 0 Å². The Balaban J connectivity index is 0. The van der Waals surface area contributed by atoms with E-state index in [1.54, 1.807) is 0 Å². The van der Waals surface area contributed by atoms with Gasteiger partial charge in [0.05, 0.1) is 6.42 Å². The van der Waals surface area contributed by atoms with Crippen molar-refractivity contribution in [3.05, 3.63) is 0 Å². The number of carbonyl (C=O) groups is 3. The van der Waals surface area contributed by atoms with Crippen LogP contribution in [0.3, 0.4) is 0 Å². The summed E-state index contributed by atoms with van der Waals surface area (Å²) in [6.45, 7) is 0. The molecule has 0 spiro atoms. The van der Waals surface area contributed by atoms with Crippen molar-refractivity contribution in [3.8, 4) is 0 Å². The molecule has 0 saturated heterocycles. The van der Waals surface area contributed by atoms with Crippen molar-refractivity contribution >= 4 is 33.8 Å². The molecule has 0 aromatic heterocycles. The molecule has 0 amide bonds. The van der Waals surface area contributed by atoms with Gasteiger partial charge in [0.2, 0.25) is 0 Å². The smallest absolute Gasteiger partial charge is 0.343 e. The topological polar surface area (TPSA) is 227 Å². The highest BCUT2D eigenvalue weighted by Crippen LogP contribution is 2.55. The van der Waals surface area contributed by atoms with Gasteiger partial charge in [-0.25, -0.2) is 0 Å². The van der Waals surface area contributed by atoms with Crippen LogP contribution in [0.1, 0.15) is 19.3 Å². The Morgan fingerprint density at radius 2 is 1.38 bits per heavy atom. The molecular formula is C7H14O12P2. The van der Waals surface area contributed by atoms with E-state index in [1.807, 2.05) is 0 Å². The van der Waals surface area contributed by atoms with Gasteiger partial charge in [0.15, 0.2) is 5.16 Å². The quantitative estimate of drug-likeness (QED) is 0.265. The van der Waals surface area contributed by atoms with Gasteiger partial charge in [-0.1, -0.05) is 0 Å². The summed E-state index contributed by atoms with van der Waals surface area (Å²) >= 11 is 0. The maximum absolute atomic E-state index is 11.1. The summed E-state index contributed by atoms with van der Waals surface area (Å²) in [5.41, 5.74) is 0. The van der Waals surface area contributed by atoms with Gasteiger partial charge in [0, 0.05) is 6.42 Å². The molecule has 0 aliphatic carbocycles. The summed E-state index contributed by atoms with van der Waals surface area (Å²) in [7, 11) is -8.45. The van der Waals surface area contributed by atoms with Crippen LogP contribution in [0.5, 0.6) is 0 Å². The largest absolute Gasteiger partial charge is 0.481 e. The highest BCUT2D eigenvalue weighted by Gasteiger charge is 2.55. The molecule has 0 aliphatic rings. The van der Waals surface area contributed by atoms with Crippen LogP contribution in [0, 0.1) is 0 Å². The monoisotopic (exact) mass is 352 g/mol. The average Bonchev–Trinajstić information content (AvgIpc) is 2.20. The molecule has 14 heteroatoms. The van der Waals surface area contributed by atoms with E-state index >= 15 is 0 Å². The van der Waals surface area contributed by atoms with Crippen LogP contribution in [0.4, 0.5) is 0 Å². The first-order valence-electron chi connectivity index (χ1n) is 4.90. The van der Waals surface area contributed by atoms with Gasteiger partial charge in [0.25, 0.3) is 0 Å². The Bertz CT molecular complexity index is 462. The van der Waals surface area contributed by atoms with Crippen molar-refractivity contribution in [2.75, 3.05) is 0 Å². The Labute approximate surface area is 117 Å². The Kier molecular flexibility index (Phi) is 9.30. The van der Waals surface area contributed by atoms with E-state index < -0.39 is 58.2 Å². The minimum Gasteiger partial charge on any atom is -0.481 e. The van der Waals surface area contributed by atoms with Crippen LogP contribution in [0.15, 0.2) is 0 Å². The van der Waals surface area contributed by atoms with Gasteiger partial charge in [-0.15, -0.1) is 0 Å². The molecule has 0 saturated carbocycles. The first-order valence-corrected chi connectivity index (χ1v) is 7.82. The minimum atomic E-state index is -5.32. The fraction of sp³-hybridized carbons (Fsp3) is 0.571. The molecule has 1 atom stereocenters. The molecule has 0 rings (SSSR count). The molecule has 1 unspecified atom stereocenters. The number of carboxylic acid groups (broad SMARTS) is 3. The predicted molar refractivity (Wildman–Crippen MR) is 65.0 cm³/mol. The number of hydrogen-bond donors (Lipinski definition) is 7.